The van der Waals surface area contributed by atoms with Crippen molar-refractivity contribution in [3.8, 4) is 0 Å². The second kappa shape index (κ2) is 6.82. The average Bonchev–Trinajstić information content (AvgIpc) is 3.20. The predicted octanol–water partition coefficient (Wildman–Crippen LogP) is 0.834. The van der Waals surface area contributed by atoms with Gasteiger partial charge < -0.3 is 15.4 Å². The molecule has 1 aliphatic heterocycles. The largest absolute Gasteiger partial charge is 0.371 e. The number of urea groups is 1. The van der Waals surface area contributed by atoms with E-state index in [0.717, 1.165) is 12.0 Å². The van der Waals surface area contributed by atoms with Gasteiger partial charge in [-0.25, -0.2) is 4.79 Å². The monoisotopic (exact) mass is 318 g/mol. The molecule has 1 fully saturated rings. The van der Waals surface area contributed by atoms with E-state index in [1.807, 2.05) is 32.4 Å². The number of amides is 2. The van der Waals surface area contributed by atoms with Gasteiger partial charge in [0.1, 0.15) is 6.10 Å². The number of nitrogens with one attached hydrogen (secondary N) is 2. The van der Waals surface area contributed by atoms with Crippen LogP contribution in [-0.4, -0.2) is 44.3 Å². The van der Waals surface area contributed by atoms with E-state index in [2.05, 4.69) is 20.8 Å². The Balaban J connectivity index is 1.52. The van der Waals surface area contributed by atoms with Gasteiger partial charge in [0.2, 0.25) is 0 Å². The number of carbonyl (C=O) groups excluding carboxylic acids is 1. The molecule has 3 atom stereocenters. The highest BCUT2D eigenvalue weighted by molar-refractivity contribution is 5.74. The van der Waals surface area contributed by atoms with Crippen molar-refractivity contribution >= 4 is 6.03 Å². The van der Waals surface area contributed by atoms with E-state index in [4.69, 9.17) is 4.74 Å². The summed E-state index contributed by atoms with van der Waals surface area (Å²) in [4.78, 5) is 12.2. The van der Waals surface area contributed by atoms with Crippen LogP contribution >= 0.6 is 0 Å². The van der Waals surface area contributed by atoms with E-state index in [1.165, 1.54) is 0 Å². The standard InChI is InChI=1S/C15H22N6O2/c1-11(9-21-6-3-5-16-21)18-15(22)19-13-4-7-23-14(13)12-8-17-20(2)10-12/h3,5-6,8,10-11,13-14H,4,7,9H2,1-2H3,(H2,18,19,22)/t11-,13+,14-/m1/s1. The van der Waals surface area contributed by atoms with Gasteiger partial charge in [0.05, 0.1) is 18.8 Å². The van der Waals surface area contributed by atoms with Crippen molar-refractivity contribution in [3.05, 3.63) is 36.4 Å². The van der Waals surface area contributed by atoms with Crippen molar-refractivity contribution in [1.29, 1.82) is 0 Å². The summed E-state index contributed by atoms with van der Waals surface area (Å²) in [6.45, 7) is 3.21. The van der Waals surface area contributed by atoms with E-state index in [-0.39, 0.29) is 24.2 Å². The maximum absolute atomic E-state index is 12.2. The number of aryl methyl sites for hydroxylation is 1. The van der Waals surface area contributed by atoms with E-state index in [9.17, 15) is 4.79 Å². The van der Waals surface area contributed by atoms with Crippen LogP contribution in [0.15, 0.2) is 30.9 Å². The van der Waals surface area contributed by atoms with Gasteiger partial charge in [0, 0.05) is 43.9 Å². The molecular weight excluding hydrogens is 296 g/mol. The molecule has 3 heterocycles. The van der Waals surface area contributed by atoms with Gasteiger partial charge in [0.25, 0.3) is 0 Å². The number of nitrogens with zero attached hydrogens (tertiary/aromatic N) is 4. The fourth-order valence-corrected chi connectivity index (χ4v) is 2.82. The van der Waals surface area contributed by atoms with Gasteiger partial charge in [-0.3, -0.25) is 9.36 Å². The Labute approximate surface area is 134 Å². The first-order valence-corrected chi connectivity index (χ1v) is 7.76. The highest BCUT2D eigenvalue weighted by Gasteiger charge is 2.32. The molecular formula is C15H22N6O2. The van der Waals surface area contributed by atoms with Crippen LogP contribution in [-0.2, 0) is 18.3 Å². The third-order valence-corrected chi connectivity index (χ3v) is 3.86. The molecule has 0 spiro atoms. The molecule has 1 saturated heterocycles. The minimum absolute atomic E-state index is 0.0194. The molecule has 0 saturated carbocycles. The van der Waals surface area contributed by atoms with Crippen molar-refractivity contribution < 1.29 is 9.53 Å². The smallest absolute Gasteiger partial charge is 0.315 e. The first-order chi connectivity index (χ1) is 11.1. The lowest BCUT2D eigenvalue weighted by molar-refractivity contribution is 0.0997. The van der Waals surface area contributed by atoms with E-state index in [1.54, 1.807) is 21.8 Å². The van der Waals surface area contributed by atoms with Gasteiger partial charge in [-0.2, -0.15) is 10.2 Å². The first kappa shape index (κ1) is 15.5. The maximum atomic E-state index is 12.2. The van der Waals surface area contributed by atoms with Crippen molar-refractivity contribution in [2.45, 2.75) is 38.1 Å². The molecule has 2 aromatic heterocycles. The van der Waals surface area contributed by atoms with Gasteiger partial charge in [-0.05, 0) is 19.4 Å². The number of hydrogen-bond donors (Lipinski definition) is 2. The van der Waals surface area contributed by atoms with Crippen LogP contribution in [0.25, 0.3) is 0 Å². The normalized spacial score (nSPS) is 22.0. The third-order valence-electron chi connectivity index (χ3n) is 3.86. The van der Waals surface area contributed by atoms with Gasteiger partial charge >= 0.3 is 6.03 Å². The minimum Gasteiger partial charge on any atom is -0.371 e. The molecule has 8 nitrogen and oxygen atoms in total. The van der Waals surface area contributed by atoms with Crippen LogP contribution in [0.1, 0.15) is 25.0 Å². The zero-order valence-corrected chi connectivity index (χ0v) is 13.3. The molecule has 1 aliphatic rings. The van der Waals surface area contributed by atoms with Crippen molar-refractivity contribution in [3.63, 3.8) is 0 Å². The predicted molar refractivity (Wildman–Crippen MR) is 83.7 cm³/mol. The van der Waals surface area contributed by atoms with Gasteiger partial charge in [-0.15, -0.1) is 0 Å². The molecule has 2 N–H and O–H groups in total. The summed E-state index contributed by atoms with van der Waals surface area (Å²) in [6, 6.07) is 1.61. The Kier molecular flexibility index (Phi) is 4.61. The lowest BCUT2D eigenvalue weighted by atomic mass is 10.1. The Morgan fingerprint density at radius 3 is 3.09 bits per heavy atom. The van der Waals surface area contributed by atoms with Crippen LogP contribution in [0.3, 0.4) is 0 Å². The Bertz CT molecular complexity index is 638. The highest BCUT2D eigenvalue weighted by atomic mass is 16.5. The van der Waals surface area contributed by atoms with E-state index >= 15 is 0 Å². The summed E-state index contributed by atoms with van der Waals surface area (Å²) in [6.07, 6.45) is 7.95. The molecule has 23 heavy (non-hydrogen) atoms. The first-order valence-electron chi connectivity index (χ1n) is 7.76. The molecule has 0 aromatic carbocycles. The van der Waals surface area contributed by atoms with E-state index in [0.29, 0.717) is 13.2 Å². The summed E-state index contributed by atoms with van der Waals surface area (Å²) < 4.78 is 9.28. The number of rotatable bonds is 5. The zero-order chi connectivity index (χ0) is 16.2. The molecule has 124 valence electrons. The molecule has 8 heteroatoms. The highest BCUT2D eigenvalue weighted by Crippen LogP contribution is 2.28. The molecule has 0 aliphatic carbocycles. The van der Waals surface area contributed by atoms with Gasteiger partial charge in [-0.1, -0.05) is 0 Å². The molecule has 0 unspecified atom stereocenters. The van der Waals surface area contributed by atoms with Crippen molar-refractivity contribution in [1.82, 2.24) is 30.2 Å². The zero-order valence-electron chi connectivity index (χ0n) is 13.3. The Morgan fingerprint density at radius 1 is 1.52 bits per heavy atom. The third kappa shape index (κ3) is 3.89. The summed E-state index contributed by atoms with van der Waals surface area (Å²) in [7, 11) is 1.87. The molecule has 3 rings (SSSR count). The van der Waals surface area contributed by atoms with Crippen LogP contribution in [0.2, 0.25) is 0 Å². The van der Waals surface area contributed by atoms with Crippen molar-refractivity contribution in [2.24, 2.45) is 7.05 Å². The fourth-order valence-electron chi connectivity index (χ4n) is 2.82. The van der Waals surface area contributed by atoms with Crippen LogP contribution in [0, 0.1) is 0 Å². The maximum Gasteiger partial charge on any atom is 0.315 e. The molecule has 2 amide bonds. The average molecular weight is 318 g/mol. The second-order valence-electron chi connectivity index (χ2n) is 5.88. The number of carbonyl (C=O) groups is 1. The fraction of sp³-hybridized carbons (Fsp3) is 0.533. The number of hydrogen-bond acceptors (Lipinski definition) is 4. The molecule has 0 bridgehead atoms. The number of ether oxygens (including phenoxy) is 1. The van der Waals surface area contributed by atoms with Crippen LogP contribution in [0.5, 0.6) is 0 Å². The SMILES string of the molecule is C[C@H](Cn1cccn1)NC(=O)N[C@H]1CCO[C@@H]1c1cnn(C)c1. The van der Waals surface area contributed by atoms with E-state index < -0.39 is 0 Å². The second-order valence-corrected chi connectivity index (χ2v) is 5.88. The van der Waals surface area contributed by atoms with Crippen molar-refractivity contribution in [2.75, 3.05) is 6.61 Å². The van der Waals surface area contributed by atoms with Crippen LogP contribution in [0.4, 0.5) is 4.79 Å². The van der Waals surface area contributed by atoms with Crippen LogP contribution < -0.4 is 10.6 Å². The summed E-state index contributed by atoms with van der Waals surface area (Å²) >= 11 is 0. The summed E-state index contributed by atoms with van der Waals surface area (Å²) in [5, 5.41) is 14.2. The summed E-state index contributed by atoms with van der Waals surface area (Å²) in [5.74, 6) is 0. The molecule has 2 aromatic rings. The minimum atomic E-state index is -0.186. The quantitative estimate of drug-likeness (QED) is 0.855. The number of aromatic nitrogens is 4. The molecule has 0 radical (unpaired) electrons. The lowest BCUT2D eigenvalue weighted by Crippen LogP contribution is -2.47. The van der Waals surface area contributed by atoms with Gasteiger partial charge in [0.15, 0.2) is 0 Å². The lowest BCUT2D eigenvalue weighted by Gasteiger charge is -2.21. The summed E-state index contributed by atoms with van der Waals surface area (Å²) in [5.41, 5.74) is 0.986. The Hall–Kier alpha value is -2.35. The Morgan fingerprint density at radius 2 is 2.39 bits per heavy atom. The topological polar surface area (TPSA) is 86.0 Å².